The van der Waals surface area contributed by atoms with Gasteiger partial charge in [0.1, 0.15) is 11.6 Å². The third-order valence-corrected chi connectivity index (χ3v) is 10.1. The monoisotopic (exact) mass is 594 g/mol. The number of rotatable bonds is 6. The van der Waals surface area contributed by atoms with Crippen molar-refractivity contribution in [1.29, 1.82) is 0 Å². The average Bonchev–Trinajstić information content (AvgIpc) is 3.83. The molecule has 0 bridgehead atoms. The number of methoxy groups -OCH3 is 1. The molecule has 3 aliphatic rings. The Morgan fingerprint density at radius 3 is 2.84 bits per heavy atom. The summed E-state index contributed by atoms with van der Waals surface area (Å²) in [5.41, 5.74) is 5.94. The number of carbonyl (C=O) groups excluding carboxylic acids is 1. The molecular weight excluding hydrogens is 564 g/mol. The van der Waals surface area contributed by atoms with Crippen molar-refractivity contribution in [3.63, 3.8) is 0 Å². The maximum Gasteiger partial charge on any atom is 0.434 e. The number of hydrogen-bond acceptors (Lipinski definition) is 9. The molecule has 4 aromatic heterocycles. The lowest BCUT2D eigenvalue weighted by Crippen LogP contribution is -2.22. The Bertz CT molecular complexity index is 1990. The molecule has 10 nitrogen and oxygen atoms in total. The largest absolute Gasteiger partial charge is 0.496 e. The molecule has 0 radical (unpaired) electrons. The maximum atomic E-state index is 14.0. The molecule has 1 saturated heterocycles. The summed E-state index contributed by atoms with van der Waals surface area (Å²) >= 11 is 1.58. The van der Waals surface area contributed by atoms with E-state index in [9.17, 15) is 9.59 Å². The molecule has 2 N–H and O–H groups in total. The number of thiophene rings is 1. The summed E-state index contributed by atoms with van der Waals surface area (Å²) < 4.78 is 12.1. The van der Waals surface area contributed by atoms with Gasteiger partial charge in [0.25, 0.3) is 11.8 Å². The van der Waals surface area contributed by atoms with Crippen LogP contribution in [-0.4, -0.2) is 44.6 Å². The highest BCUT2D eigenvalue weighted by molar-refractivity contribution is 7.23. The van der Waals surface area contributed by atoms with Gasteiger partial charge in [-0.3, -0.25) is 9.78 Å². The van der Waals surface area contributed by atoms with Gasteiger partial charge in [-0.15, -0.1) is 16.4 Å². The zero-order chi connectivity index (χ0) is 29.4. The second-order valence-electron chi connectivity index (χ2n) is 11.7. The highest BCUT2D eigenvalue weighted by Crippen LogP contribution is 2.51. The number of anilines is 1. The van der Waals surface area contributed by atoms with E-state index in [1.807, 2.05) is 29.3 Å². The number of fused-ring (bicyclic) bond motifs is 5. The first-order valence-corrected chi connectivity index (χ1v) is 15.5. The Morgan fingerprint density at radius 1 is 1.16 bits per heavy atom. The van der Waals surface area contributed by atoms with Gasteiger partial charge in [0.15, 0.2) is 0 Å². The van der Waals surface area contributed by atoms with Crippen LogP contribution in [0, 0.1) is 0 Å². The number of pyridine rings is 2. The number of hydrogen-bond donors (Lipinski definition) is 2. The van der Waals surface area contributed by atoms with Crippen LogP contribution >= 0.6 is 11.3 Å². The lowest BCUT2D eigenvalue weighted by molar-refractivity contribution is 0.0776. The summed E-state index contributed by atoms with van der Waals surface area (Å²) in [5, 5.41) is 11.3. The molecule has 2 aliphatic heterocycles. The molecule has 0 spiro atoms. The molecule has 43 heavy (non-hydrogen) atoms. The molecule has 218 valence electrons. The Hall–Kier alpha value is -4.51. The summed E-state index contributed by atoms with van der Waals surface area (Å²) in [7, 11) is 1.71. The van der Waals surface area contributed by atoms with Crippen LogP contribution in [0.4, 0.5) is 5.82 Å². The molecule has 1 fully saturated rings. The van der Waals surface area contributed by atoms with Crippen molar-refractivity contribution >= 4 is 33.1 Å². The van der Waals surface area contributed by atoms with Crippen LogP contribution < -0.4 is 15.8 Å². The molecule has 0 unspecified atom stereocenters. The van der Waals surface area contributed by atoms with Gasteiger partial charge in [0.05, 0.1) is 46.4 Å². The first-order chi connectivity index (χ1) is 20.9. The SMILES string of the molecule is COc1cccc2c1CC[C@H]2Nc1nccc2cc(-c3c4c(nc(C(C)C)c3-c3n[nH]c(=O)o3)[C@H]3CCCN3C4=O)sc12. The van der Waals surface area contributed by atoms with Crippen molar-refractivity contribution in [3.05, 3.63) is 75.2 Å². The maximum absolute atomic E-state index is 14.0. The quantitative estimate of drug-likeness (QED) is 0.237. The van der Waals surface area contributed by atoms with Crippen LogP contribution in [0.2, 0.25) is 0 Å². The molecule has 6 heterocycles. The Morgan fingerprint density at radius 2 is 2.05 bits per heavy atom. The van der Waals surface area contributed by atoms with Gasteiger partial charge in [-0.05, 0) is 66.3 Å². The van der Waals surface area contributed by atoms with Gasteiger partial charge < -0.3 is 19.4 Å². The third-order valence-electron chi connectivity index (χ3n) is 8.93. The lowest BCUT2D eigenvalue weighted by atomic mass is 9.91. The summed E-state index contributed by atoms with van der Waals surface area (Å²) in [4.78, 5) is 38.7. The van der Waals surface area contributed by atoms with Crippen LogP contribution in [0.3, 0.4) is 0 Å². The minimum atomic E-state index is -0.649. The van der Waals surface area contributed by atoms with E-state index in [0.717, 1.165) is 69.2 Å². The number of H-pyrrole nitrogens is 1. The molecule has 11 heteroatoms. The number of aromatic amines is 1. The van der Waals surface area contributed by atoms with Crippen molar-refractivity contribution in [2.45, 2.75) is 57.5 Å². The summed E-state index contributed by atoms with van der Waals surface area (Å²) in [6, 6.07) is 10.4. The number of carbonyl (C=O) groups is 1. The zero-order valence-corrected chi connectivity index (χ0v) is 24.9. The third kappa shape index (κ3) is 3.94. The lowest BCUT2D eigenvalue weighted by Gasteiger charge is -2.17. The number of aromatic nitrogens is 4. The van der Waals surface area contributed by atoms with E-state index in [4.69, 9.17) is 19.1 Å². The van der Waals surface area contributed by atoms with Gasteiger partial charge in [-0.1, -0.05) is 26.0 Å². The number of nitrogens with one attached hydrogen (secondary N) is 2. The second kappa shape index (κ2) is 9.77. The normalized spacial score (nSPS) is 18.9. The first kappa shape index (κ1) is 26.1. The fourth-order valence-electron chi connectivity index (χ4n) is 7.05. The van der Waals surface area contributed by atoms with Crippen LogP contribution in [0.25, 0.3) is 32.0 Å². The van der Waals surface area contributed by atoms with Crippen molar-refractivity contribution in [1.82, 2.24) is 25.1 Å². The van der Waals surface area contributed by atoms with Gasteiger partial charge in [-0.2, -0.15) is 0 Å². The minimum absolute atomic E-state index is 0.000643. The molecule has 0 saturated carbocycles. The fraction of sp³-hybridized carbons (Fsp3) is 0.344. The molecule has 1 amide bonds. The highest BCUT2D eigenvalue weighted by Gasteiger charge is 2.45. The average molecular weight is 595 g/mol. The number of amides is 1. The van der Waals surface area contributed by atoms with Gasteiger partial charge >= 0.3 is 5.76 Å². The van der Waals surface area contributed by atoms with Gasteiger partial charge in [0.2, 0.25) is 0 Å². The number of ether oxygens (including phenoxy) is 1. The number of nitrogens with zero attached hydrogens (tertiary/aromatic N) is 4. The van der Waals surface area contributed by atoms with Crippen LogP contribution in [-0.2, 0) is 6.42 Å². The van der Waals surface area contributed by atoms with E-state index in [1.165, 1.54) is 11.1 Å². The number of benzene rings is 1. The fourth-order valence-corrected chi connectivity index (χ4v) is 8.22. The Labute approximate surface area is 251 Å². The van der Waals surface area contributed by atoms with Crippen LogP contribution in [0.1, 0.15) is 84.0 Å². The highest BCUT2D eigenvalue weighted by atomic mass is 32.1. The summed E-state index contributed by atoms with van der Waals surface area (Å²) in [5.74, 6) is 1.18. The van der Waals surface area contributed by atoms with Crippen LogP contribution in [0.5, 0.6) is 5.75 Å². The molecule has 1 aromatic carbocycles. The van der Waals surface area contributed by atoms with E-state index < -0.39 is 5.76 Å². The first-order valence-electron chi connectivity index (χ1n) is 14.7. The predicted octanol–water partition coefficient (Wildman–Crippen LogP) is 6.22. The van der Waals surface area contributed by atoms with Crippen LogP contribution in [0.15, 0.2) is 45.7 Å². The van der Waals surface area contributed by atoms with E-state index in [1.54, 1.807) is 18.4 Å². The molecule has 5 aromatic rings. The standard InChI is InChI=1S/C32H30N6O4S/c1-15(2)26-24(30-36-37-32(40)42-30)23(25-27(35-26)20-7-5-13-38(20)31(25)39)22-14-16-11-12-33-29(28(16)43-22)34-19-10-9-18-17(19)6-4-8-21(18)41-3/h4,6,8,11-12,14-15,19-20H,5,7,9-10,13H2,1-3H3,(H,33,34)(H,37,40)/t19-,20-/m1/s1. The predicted molar refractivity (Wildman–Crippen MR) is 164 cm³/mol. The summed E-state index contributed by atoms with van der Waals surface area (Å²) in [6.07, 6.45) is 5.53. The molecule has 2 atom stereocenters. The molecular formula is C32H30N6O4S. The van der Waals surface area contributed by atoms with E-state index in [0.29, 0.717) is 17.7 Å². The van der Waals surface area contributed by atoms with E-state index in [2.05, 4.69) is 41.5 Å². The van der Waals surface area contributed by atoms with Crippen molar-refractivity contribution in [3.8, 4) is 27.6 Å². The summed E-state index contributed by atoms with van der Waals surface area (Å²) in [6.45, 7) is 4.82. The Balaban J connectivity index is 1.32. The van der Waals surface area contributed by atoms with E-state index >= 15 is 0 Å². The molecule has 8 rings (SSSR count). The van der Waals surface area contributed by atoms with Crippen molar-refractivity contribution in [2.75, 3.05) is 19.0 Å². The molecule has 1 aliphatic carbocycles. The van der Waals surface area contributed by atoms with Crippen molar-refractivity contribution in [2.24, 2.45) is 0 Å². The van der Waals surface area contributed by atoms with Gasteiger partial charge in [-0.25, -0.2) is 14.9 Å². The second-order valence-corrected chi connectivity index (χ2v) is 12.7. The Kier molecular flexibility index (Phi) is 5.94. The minimum Gasteiger partial charge on any atom is -0.496 e. The van der Waals surface area contributed by atoms with Gasteiger partial charge in [0, 0.05) is 23.2 Å². The van der Waals surface area contributed by atoms with E-state index in [-0.39, 0.29) is 29.8 Å². The topological polar surface area (TPSA) is 126 Å². The zero-order valence-electron chi connectivity index (χ0n) is 24.1. The van der Waals surface area contributed by atoms with Crippen molar-refractivity contribution < 1.29 is 13.9 Å². The smallest absolute Gasteiger partial charge is 0.434 e.